The molecule has 2 amide bonds. The summed E-state index contributed by atoms with van der Waals surface area (Å²) in [5.41, 5.74) is 7.30. The second-order valence-electron chi connectivity index (χ2n) is 4.55. The number of carbonyl (C=O) groups excluding carboxylic acids is 2. The molecule has 1 unspecified atom stereocenters. The number of amides is 2. The van der Waals surface area contributed by atoms with Crippen LogP contribution in [0.1, 0.15) is 12.0 Å². The lowest BCUT2D eigenvalue weighted by atomic mass is 9.97. The van der Waals surface area contributed by atoms with Gasteiger partial charge in [-0.25, -0.2) is 0 Å². The van der Waals surface area contributed by atoms with Crippen LogP contribution >= 0.6 is 0 Å². The van der Waals surface area contributed by atoms with Crippen LogP contribution < -0.4 is 11.1 Å². The van der Waals surface area contributed by atoms with Gasteiger partial charge in [0, 0.05) is 12.7 Å². The third kappa shape index (κ3) is 2.61. The van der Waals surface area contributed by atoms with E-state index < -0.39 is 5.91 Å². The van der Waals surface area contributed by atoms with Gasteiger partial charge in [-0.05, 0) is 24.5 Å². The lowest BCUT2D eigenvalue weighted by molar-refractivity contribution is -0.134. The minimum absolute atomic E-state index is 0.0430. The van der Waals surface area contributed by atoms with Crippen LogP contribution in [0.4, 0.5) is 5.69 Å². The first-order valence-corrected chi connectivity index (χ1v) is 5.95. The van der Waals surface area contributed by atoms with Crippen LogP contribution in [0.5, 0.6) is 0 Å². The number of nitrogens with one attached hydrogen (secondary N) is 1. The summed E-state index contributed by atoms with van der Waals surface area (Å²) in [6, 6.07) is 7.66. The highest BCUT2D eigenvalue weighted by atomic mass is 16.2. The number of hydrogen-bond acceptors (Lipinski definition) is 3. The fourth-order valence-corrected chi connectivity index (χ4v) is 2.20. The molecule has 1 aromatic carbocycles. The van der Waals surface area contributed by atoms with E-state index >= 15 is 0 Å². The van der Waals surface area contributed by atoms with Crippen molar-refractivity contribution in [3.63, 3.8) is 0 Å². The summed E-state index contributed by atoms with van der Waals surface area (Å²) in [5, 5.41) is 3.21. The zero-order chi connectivity index (χ0) is 13.1. The minimum atomic E-state index is -0.498. The van der Waals surface area contributed by atoms with E-state index in [1.54, 1.807) is 7.05 Å². The van der Waals surface area contributed by atoms with E-state index in [0.717, 1.165) is 18.5 Å². The molecule has 2 rings (SSSR count). The molecule has 0 radical (unpaired) electrons. The van der Waals surface area contributed by atoms with Crippen molar-refractivity contribution in [2.75, 3.05) is 18.9 Å². The van der Waals surface area contributed by atoms with E-state index in [2.05, 4.69) is 11.4 Å². The summed E-state index contributed by atoms with van der Waals surface area (Å²) >= 11 is 0. The molecule has 1 aliphatic rings. The van der Waals surface area contributed by atoms with Crippen molar-refractivity contribution in [1.82, 2.24) is 4.90 Å². The summed E-state index contributed by atoms with van der Waals surface area (Å²) in [5.74, 6) is -0.592. The second kappa shape index (κ2) is 5.08. The standard InChI is InChI=1S/C13H17N3O2/c1-16(8-12(14)17)13(18)11-7-6-9-4-2-3-5-10(9)15-11/h2-5,11,15H,6-8H2,1H3,(H2,14,17). The van der Waals surface area contributed by atoms with Gasteiger partial charge >= 0.3 is 0 Å². The lowest BCUT2D eigenvalue weighted by Crippen LogP contribution is -2.45. The number of para-hydroxylation sites is 1. The zero-order valence-electron chi connectivity index (χ0n) is 10.3. The Kier molecular flexibility index (Phi) is 3.50. The van der Waals surface area contributed by atoms with E-state index in [1.807, 2.05) is 18.2 Å². The molecule has 0 fully saturated rings. The largest absolute Gasteiger partial charge is 0.373 e. The molecule has 0 saturated heterocycles. The van der Waals surface area contributed by atoms with E-state index in [-0.39, 0.29) is 18.5 Å². The molecule has 1 aromatic rings. The molecule has 1 aliphatic heterocycles. The van der Waals surface area contributed by atoms with Crippen LogP contribution in [0, 0.1) is 0 Å². The number of rotatable bonds is 3. The number of hydrogen-bond donors (Lipinski definition) is 2. The van der Waals surface area contributed by atoms with Gasteiger partial charge in [0.05, 0.1) is 6.54 Å². The Balaban J connectivity index is 2.04. The maximum absolute atomic E-state index is 12.1. The van der Waals surface area contributed by atoms with Crippen LogP contribution in [0.15, 0.2) is 24.3 Å². The van der Waals surface area contributed by atoms with Crippen LogP contribution in [0.3, 0.4) is 0 Å². The molecule has 1 heterocycles. The molecular formula is C13H17N3O2. The summed E-state index contributed by atoms with van der Waals surface area (Å²) in [6.07, 6.45) is 1.60. The molecule has 0 spiro atoms. The van der Waals surface area contributed by atoms with E-state index in [9.17, 15) is 9.59 Å². The van der Waals surface area contributed by atoms with Crippen LogP contribution in [-0.2, 0) is 16.0 Å². The molecule has 0 aromatic heterocycles. The number of fused-ring (bicyclic) bond motifs is 1. The molecule has 18 heavy (non-hydrogen) atoms. The van der Waals surface area contributed by atoms with Crippen LogP contribution in [0.2, 0.25) is 0 Å². The monoisotopic (exact) mass is 247 g/mol. The maximum Gasteiger partial charge on any atom is 0.245 e. The van der Waals surface area contributed by atoms with Crippen molar-refractivity contribution in [3.05, 3.63) is 29.8 Å². The van der Waals surface area contributed by atoms with Crippen LogP contribution in [-0.4, -0.2) is 36.3 Å². The fourth-order valence-electron chi connectivity index (χ4n) is 2.20. The predicted molar refractivity (Wildman–Crippen MR) is 69.0 cm³/mol. The van der Waals surface area contributed by atoms with Gasteiger partial charge in [0.1, 0.15) is 6.04 Å². The average Bonchev–Trinajstić information content (AvgIpc) is 2.36. The molecule has 0 saturated carbocycles. The summed E-state index contributed by atoms with van der Waals surface area (Å²) in [4.78, 5) is 24.3. The smallest absolute Gasteiger partial charge is 0.245 e. The number of anilines is 1. The van der Waals surface area contributed by atoms with Gasteiger partial charge in [-0.1, -0.05) is 18.2 Å². The minimum Gasteiger partial charge on any atom is -0.373 e. The highest BCUT2D eigenvalue weighted by Gasteiger charge is 2.26. The normalized spacial score (nSPS) is 17.5. The fraction of sp³-hybridized carbons (Fsp3) is 0.385. The first-order chi connectivity index (χ1) is 8.58. The number of primary amides is 1. The van der Waals surface area contributed by atoms with Crippen molar-refractivity contribution in [2.24, 2.45) is 5.73 Å². The molecule has 96 valence electrons. The Labute approximate surface area is 106 Å². The van der Waals surface area contributed by atoms with Gasteiger partial charge < -0.3 is 16.0 Å². The van der Waals surface area contributed by atoms with Crippen molar-refractivity contribution in [2.45, 2.75) is 18.9 Å². The first-order valence-electron chi connectivity index (χ1n) is 5.95. The quantitative estimate of drug-likeness (QED) is 0.809. The first kappa shape index (κ1) is 12.4. The van der Waals surface area contributed by atoms with Crippen molar-refractivity contribution in [1.29, 1.82) is 0 Å². The number of nitrogens with two attached hydrogens (primary N) is 1. The van der Waals surface area contributed by atoms with Gasteiger partial charge in [-0.3, -0.25) is 9.59 Å². The van der Waals surface area contributed by atoms with E-state index in [1.165, 1.54) is 10.5 Å². The SMILES string of the molecule is CN(CC(N)=O)C(=O)C1CCc2ccccc2N1. The van der Waals surface area contributed by atoms with Gasteiger partial charge in [-0.15, -0.1) is 0 Å². The molecule has 1 atom stereocenters. The zero-order valence-corrected chi connectivity index (χ0v) is 10.3. The molecule has 5 heteroatoms. The summed E-state index contributed by atoms with van der Waals surface area (Å²) < 4.78 is 0. The second-order valence-corrected chi connectivity index (χ2v) is 4.55. The summed E-state index contributed by atoms with van der Waals surface area (Å²) in [6.45, 7) is -0.0430. The number of nitrogens with zero attached hydrogens (tertiary/aromatic N) is 1. The van der Waals surface area contributed by atoms with Crippen LogP contribution in [0.25, 0.3) is 0 Å². The van der Waals surface area contributed by atoms with E-state index in [4.69, 9.17) is 5.73 Å². The Morgan fingerprint density at radius 2 is 2.17 bits per heavy atom. The Bertz CT molecular complexity index is 473. The Hall–Kier alpha value is -2.04. The Morgan fingerprint density at radius 1 is 1.44 bits per heavy atom. The number of aryl methyl sites for hydroxylation is 1. The highest BCUT2D eigenvalue weighted by molar-refractivity contribution is 5.89. The molecule has 0 aliphatic carbocycles. The van der Waals surface area contributed by atoms with Crippen molar-refractivity contribution >= 4 is 17.5 Å². The predicted octanol–water partition coefficient (Wildman–Crippen LogP) is 0.357. The average molecular weight is 247 g/mol. The maximum atomic E-state index is 12.1. The third-order valence-electron chi connectivity index (χ3n) is 3.12. The Morgan fingerprint density at radius 3 is 2.89 bits per heavy atom. The van der Waals surface area contributed by atoms with Crippen molar-refractivity contribution in [3.8, 4) is 0 Å². The molecular weight excluding hydrogens is 230 g/mol. The number of likely N-dealkylation sites (N-methyl/N-ethyl adjacent to an activating group) is 1. The van der Waals surface area contributed by atoms with Gasteiger partial charge in [0.25, 0.3) is 0 Å². The third-order valence-corrected chi connectivity index (χ3v) is 3.12. The summed E-state index contributed by atoms with van der Waals surface area (Å²) in [7, 11) is 1.59. The van der Waals surface area contributed by atoms with Gasteiger partial charge in [-0.2, -0.15) is 0 Å². The molecule has 5 nitrogen and oxygen atoms in total. The van der Waals surface area contributed by atoms with Gasteiger partial charge in [0.15, 0.2) is 0 Å². The topological polar surface area (TPSA) is 75.4 Å². The van der Waals surface area contributed by atoms with Gasteiger partial charge in [0.2, 0.25) is 11.8 Å². The van der Waals surface area contributed by atoms with E-state index in [0.29, 0.717) is 0 Å². The number of benzene rings is 1. The highest BCUT2D eigenvalue weighted by Crippen LogP contribution is 2.24. The number of carbonyl (C=O) groups is 2. The molecule has 3 N–H and O–H groups in total. The molecule has 0 bridgehead atoms. The van der Waals surface area contributed by atoms with Crippen molar-refractivity contribution < 1.29 is 9.59 Å². The lowest BCUT2D eigenvalue weighted by Gasteiger charge is -2.29.